The Morgan fingerprint density at radius 2 is 1.83 bits per heavy atom. The molecule has 0 aliphatic heterocycles. The number of nitrogens with zero attached hydrogens (tertiary/aromatic N) is 3. The second kappa shape index (κ2) is 7.99. The number of carbonyl (C=O) groups is 1. The molecule has 1 aromatic heterocycles. The largest absolute Gasteiger partial charge is 0.331 e. The molecule has 1 heterocycles. The molecule has 0 unspecified atom stereocenters. The van der Waals surface area contributed by atoms with Gasteiger partial charge < -0.3 is 9.80 Å². The second-order valence-corrected chi connectivity index (χ2v) is 7.20. The van der Waals surface area contributed by atoms with E-state index in [0.29, 0.717) is 11.1 Å². The van der Waals surface area contributed by atoms with Gasteiger partial charge in [0.2, 0.25) is 0 Å². The van der Waals surface area contributed by atoms with Crippen LogP contribution in [0.25, 0.3) is 0 Å². The van der Waals surface area contributed by atoms with E-state index in [4.69, 9.17) is 0 Å². The molecule has 3 aromatic rings. The number of hydrogen-bond acceptors (Lipinski definition) is 3. The smallest absolute Gasteiger partial charge is 0.255 e. The third-order valence-corrected chi connectivity index (χ3v) is 5.09. The fraction of sp³-hybridized carbons (Fsp3) is 0.217. The van der Waals surface area contributed by atoms with Crippen molar-refractivity contribution in [2.45, 2.75) is 25.4 Å². The zero-order valence-corrected chi connectivity index (χ0v) is 16.1. The van der Waals surface area contributed by atoms with Gasteiger partial charge in [0, 0.05) is 43.1 Å². The van der Waals surface area contributed by atoms with Crippen LogP contribution in [0, 0.1) is 11.6 Å². The van der Waals surface area contributed by atoms with E-state index in [9.17, 15) is 13.6 Å². The molecule has 0 bridgehead atoms. The predicted octanol–water partition coefficient (Wildman–Crippen LogP) is 4.93. The van der Waals surface area contributed by atoms with E-state index >= 15 is 0 Å². The molecule has 0 radical (unpaired) electrons. The van der Waals surface area contributed by atoms with Crippen molar-refractivity contribution in [3.63, 3.8) is 0 Å². The summed E-state index contributed by atoms with van der Waals surface area (Å²) in [6.45, 7) is 0.112. The van der Waals surface area contributed by atoms with Crippen molar-refractivity contribution in [3.05, 3.63) is 89.6 Å². The van der Waals surface area contributed by atoms with Gasteiger partial charge in [-0.1, -0.05) is 24.3 Å². The Hall–Kier alpha value is -3.28. The fourth-order valence-corrected chi connectivity index (χ4v) is 3.25. The number of rotatable bonds is 6. The first-order valence-corrected chi connectivity index (χ1v) is 9.52. The Morgan fingerprint density at radius 3 is 2.45 bits per heavy atom. The number of carbonyl (C=O) groups excluding carboxylic acids is 1. The van der Waals surface area contributed by atoms with Gasteiger partial charge in [0.25, 0.3) is 5.91 Å². The van der Waals surface area contributed by atoms with Gasteiger partial charge >= 0.3 is 0 Å². The van der Waals surface area contributed by atoms with Crippen LogP contribution in [0.15, 0.2) is 66.9 Å². The number of hydrogen-bond donors (Lipinski definition) is 0. The minimum atomic E-state index is -0.638. The maximum atomic E-state index is 14.1. The van der Waals surface area contributed by atoms with Crippen LogP contribution < -0.4 is 4.90 Å². The third-order valence-electron chi connectivity index (χ3n) is 5.09. The minimum absolute atomic E-state index is 0.0821. The highest BCUT2D eigenvalue weighted by Crippen LogP contribution is 2.31. The van der Waals surface area contributed by atoms with Crippen LogP contribution in [0.5, 0.6) is 0 Å². The molecule has 1 aliphatic rings. The van der Waals surface area contributed by atoms with Crippen LogP contribution in [0.4, 0.5) is 20.3 Å². The van der Waals surface area contributed by atoms with Crippen molar-refractivity contribution in [2.24, 2.45) is 0 Å². The Labute approximate surface area is 168 Å². The summed E-state index contributed by atoms with van der Waals surface area (Å²) < 4.78 is 27.2. The molecule has 0 saturated heterocycles. The average molecular weight is 393 g/mol. The average Bonchev–Trinajstić information content (AvgIpc) is 3.58. The number of para-hydroxylation sites is 1. The van der Waals surface area contributed by atoms with Crippen molar-refractivity contribution in [1.29, 1.82) is 0 Å². The Balaban J connectivity index is 1.52. The highest BCUT2D eigenvalue weighted by Gasteiger charge is 2.33. The number of aromatic nitrogens is 1. The van der Waals surface area contributed by atoms with E-state index in [-0.39, 0.29) is 18.5 Å². The van der Waals surface area contributed by atoms with E-state index in [2.05, 4.69) is 4.98 Å². The molecule has 1 amide bonds. The molecule has 0 N–H and O–H groups in total. The topological polar surface area (TPSA) is 36.4 Å². The number of halogens is 2. The summed E-state index contributed by atoms with van der Waals surface area (Å²) in [7, 11) is 1.91. The van der Waals surface area contributed by atoms with Gasteiger partial charge in [0.1, 0.15) is 17.5 Å². The molecular formula is C23H21F2N3O. The van der Waals surface area contributed by atoms with E-state index in [1.807, 2.05) is 42.3 Å². The van der Waals surface area contributed by atoms with Crippen molar-refractivity contribution in [2.75, 3.05) is 11.9 Å². The van der Waals surface area contributed by atoms with Crippen LogP contribution in [-0.2, 0) is 6.54 Å². The quantitative estimate of drug-likeness (QED) is 0.596. The monoisotopic (exact) mass is 393 g/mol. The second-order valence-electron chi connectivity index (χ2n) is 7.20. The number of pyridine rings is 1. The van der Waals surface area contributed by atoms with Crippen molar-refractivity contribution in [1.82, 2.24) is 9.88 Å². The van der Waals surface area contributed by atoms with Gasteiger partial charge in [-0.3, -0.25) is 4.79 Å². The fourth-order valence-electron chi connectivity index (χ4n) is 3.25. The molecule has 4 nitrogen and oxygen atoms in total. The first kappa shape index (κ1) is 19.1. The van der Waals surface area contributed by atoms with Gasteiger partial charge in [-0.15, -0.1) is 0 Å². The first-order chi connectivity index (χ1) is 14.0. The van der Waals surface area contributed by atoms with Crippen molar-refractivity contribution in [3.8, 4) is 0 Å². The molecular weight excluding hydrogens is 372 g/mol. The van der Waals surface area contributed by atoms with E-state index in [1.165, 1.54) is 12.1 Å². The van der Waals surface area contributed by atoms with Crippen molar-refractivity contribution < 1.29 is 13.6 Å². The zero-order valence-electron chi connectivity index (χ0n) is 16.1. The minimum Gasteiger partial charge on any atom is -0.331 e. The summed E-state index contributed by atoms with van der Waals surface area (Å²) in [4.78, 5) is 21.0. The SMILES string of the molecule is CN(c1ccccc1)c1ccc(C(=O)N(Cc2ccc(F)cc2F)C2CC2)cn1. The summed E-state index contributed by atoms with van der Waals surface area (Å²) in [6.07, 6.45) is 3.32. The molecule has 29 heavy (non-hydrogen) atoms. The van der Waals surface area contributed by atoms with Gasteiger partial charge in [0.05, 0.1) is 5.56 Å². The lowest BCUT2D eigenvalue weighted by atomic mass is 10.1. The maximum Gasteiger partial charge on any atom is 0.255 e. The summed E-state index contributed by atoms with van der Waals surface area (Å²) in [6, 6.07) is 16.9. The standard InChI is InChI=1S/C23H21F2N3O/c1-27(19-5-3-2-4-6-19)22-12-8-16(14-26-22)23(29)28(20-10-11-20)15-17-7-9-18(24)13-21(17)25/h2-9,12-14,20H,10-11,15H2,1H3. The third kappa shape index (κ3) is 4.26. The van der Waals surface area contributed by atoms with Gasteiger partial charge in [-0.25, -0.2) is 13.8 Å². The molecule has 148 valence electrons. The van der Waals surface area contributed by atoms with Gasteiger partial charge in [-0.2, -0.15) is 0 Å². The molecule has 1 saturated carbocycles. The zero-order chi connectivity index (χ0) is 20.4. The highest BCUT2D eigenvalue weighted by atomic mass is 19.1. The molecule has 4 rings (SSSR count). The Bertz CT molecular complexity index is 1000. The molecule has 0 spiro atoms. The van der Waals surface area contributed by atoms with Crippen molar-refractivity contribution >= 4 is 17.4 Å². The summed E-state index contributed by atoms with van der Waals surface area (Å²) in [5, 5.41) is 0. The first-order valence-electron chi connectivity index (χ1n) is 9.52. The maximum absolute atomic E-state index is 14.1. The lowest BCUT2D eigenvalue weighted by Crippen LogP contribution is -2.33. The van der Waals surface area contributed by atoms with Crippen LogP contribution in [-0.4, -0.2) is 28.9 Å². The summed E-state index contributed by atoms with van der Waals surface area (Å²) in [5.41, 5.74) is 1.75. The van der Waals surface area contributed by atoms with E-state index in [1.54, 1.807) is 23.2 Å². The lowest BCUT2D eigenvalue weighted by molar-refractivity contribution is 0.0728. The predicted molar refractivity (Wildman–Crippen MR) is 108 cm³/mol. The molecule has 1 aliphatic carbocycles. The van der Waals surface area contributed by atoms with Crippen LogP contribution >= 0.6 is 0 Å². The number of benzene rings is 2. The summed E-state index contributed by atoms with van der Waals surface area (Å²) >= 11 is 0. The Morgan fingerprint density at radius 1 is 1.07 bits per heavy atom. The number of amides is 1. The molecule has 6 heteroatoms. The molecule has 1 fully saturated rings. The van der Waals surface area contributed by atoms with Crippen LogP contribution in [0.1, 0.15) is 28.8 Å². The summed E-state index contributed by atoms with van der Waals surface area (Å²) in [5.74, 6) is -0.743. The van der Waals surface area contributed by atoms with Gasteiger partial charge in [0.15, 0.2) is 0 Å². The van der Waals surface area contributed by atoms with E-state index in [0.717, 1.165) is 30.4 Å². The van der Waals surface area contributed by atoms with Crippen LogP contribution in [0.2, 0.25) is 0 Å². The molecule has 2 aromatic carbocycles. The molecule has 0 atom stereocenters. The normalized spacial score (nSPS) is 13.2. The lowest BCUT2D eigenvalue weighted by Gasteiger charge is -2.23. The van der Waals surface area contributed by atoms with Crippen LogP contribution in [0.3, 0.4) is 0 Å². The highest BCUT2D eigenvalue weighted by molar-refractivity contribution is 5.94. The van der Waals surface area contributed by atoms with E-state index < -0.39 is 11.6 Å². The van der Waals surface area contributed by atoms with Gasteiger partial charge in [-0.05, 0) is 43.2 Å². The number of anilines is 2. The Kier molecular flexibility index (Phi) is 5.25.